The van der Waals surface area contributed by atoms with Gasteiger partial charge in [-0.05, 0) is 17.9 Å². The fourth-order valence-electron chi connectivity index (χ4n) is 2.96. The van der Waals surface area contributed by atoms with Gasteiger partial charge in [0.15, 0.2) is 0 Å². The molecule has 20 heavy (non-hydrogen) atoms. The number of fused-ring (bicyclic) bond motifs is 1. The van der Waals surface area contributed by atoms with Gasteiger partial charge in [-0.15, -0.1) is 12.4 Å². The summed E-state index contributed by atoms with van der Waals surface area (Å²) in [4.78, 5) is 24.4. The van der Waals surface area contributed by atoms with E-state index in [2.05, 4.69) is 5.32 Å². The summed E-state index contributed by atoms with van der Waals surface area (Å²) in [5, 5.41) is 14.0. The molecule has 0 aliphatic carbocycles. The third-order valence-electron chi connectivity index (χ3n) is 3.98. The minimum absolute atomic E-state index is 0. The summed E-state index contributed by atoms with van der Waals surface area (Å²) in [7, 11) is 0. The first-order valence-corrected chi connectivity index (χ1v) is 6.39. The first-order chi connectivity index (χ1) is 9.15. The average molecular weight is 298 g/mol. The molecule has 0 aromatic heterocycles. The molecule has 2 heterocycles. The number of carbonyl (C=O) groups excluding carboxylic acids is 1. The maximum absolute atomic E-state index is 12.3. The molecule has 6 nitrogen and oxygen atoms in total. The van der Waals surface area contributed by atoms with Crippen molar-refractivity contribution in [1.29, 1.82) is 0 Å². The minimum atomic E-state index is -0.473. The van der Waals surface area contributed by atoms with E-state index in [4.69, 9.17) is 0 Å². The van der Waals surface area contributed by atoms with E-state index >= 15 is 0 Å². The maximum Gasteiger partial charge on any atom is 0.270 e. The summed E-state index contributed by atoms with van der Waals surface area (Å²) in [6.45, 7) is 3.42. The van der Waals surface area contributed by atoms with Crippen LogP contribution < -0.4 is 5.32 Å². The highest BCUT2D eigenvalue weighted by Crippen LogP contribution is 2.27. The second-order valence-corrected chi connectivity index (χ2v) is 5.20. The number of amides is 1. The summed E-state index contributed by atoms with van der Waals surface area (Å²) >= 11 is 0. The van der Waals surface area contributed by atoms with Crippen molar-refractivity contribution in [3.63, 3.8) is 0 Å². The highest BCUT2D eigenvalue weighted by Gasteiger charge is 2.38. The Balaban J connectivity index is 0.00000147. The molecule has 2 fully saturated rings. The van der Waals surface area contributed by atoms with Crippen molar-refractivity contribution in [3.05, 3.63) is 39.9 Å². The summed E-state index contributed by atoms with van der Waals surface area (Å²) in [5.74, 6) is 0.961. The van der Waals surface area contributed by atoms with Crippen LogP contribution in [0.1, 0.15) is 10.4 Å². The van der Waals surface area contributed by atoms with Crippen LogP contribution in [0.3, 0.4) is 0 Å². The second-order valence-electron chi connectivity index (χ2n) is 5.20. The van der Waals surface area contributed by atoms with Crippen molar-refractivity contribution in [3.8, 4) is 0 Å². The van der Waals surface area contributed by atoms with Crippen LogP contribution in [0.15, 0.2) is 24.3 Å². The molecular formula is C13H16ClN3O3. The van der Waals surface area contributed by atoms with Gasteiger partial charge in [-0.2, -0.15) is 0 Å². The zero-order chi connectivity index (χ0) is 13.4. The van der Waals surface area contributed by atoms with Gasteiger partial charge < -0.3 is 10.2 Å². The van der Waals surface area contributed by atoms with Crippen molar-refractivity contribution >= 4 is 24.0 Å². The quantitative estimate of drug-likeness (QED) is 0.659. The number of nitro groups is 1. The largest absolute Gasteiger partial charge is 0.338 e. The third kappa shape index (κ3) is 2.62. The maximum atomic E-state index is 12.3. The van der Waals surface area contributed by atoms with Crippen LogP contribution in [0.25, 0.3) is 0 Å². The molecule has 7 heteroatoms. The van der Waals surface area contributed by atoms with Crippen molar-refractivity contribution in [1.82, 2.24) is 10.2 Å². The summed E-state index contributed by atoms with van der Waals surface area (Å²) in [6, 6.07) is 5.96. The van der Waals surface area contributed by atoms with E-state index in [0.717, 1.165) is 26.2 Å². The Morgan fingerprint density at radius 2 is 1.95 bits per heavy atom. The van der Waals surface area contributed by atoms with Crippen molar-refractivity contribution in [2.24, 2.45) is 11.8 Å². The number of carbonyl (C=O) groups is 1. The summed E-state index contributed by atoms with van der Waals surface area (Å²) in [5.41, 5.74) is 0.369. The van der Waals surface area contributed by atoms with Gasteiger partial charge in [0, 0.05) is 43.9 Å². The molecule has 1 aromatic rings. The van der Waals surface area contributed by atoms with Crippen molar-refractivity contribution in [2.75, 3.05) is 26.2 Å². The molecule has 0 unspecified atom stereocenters. The Morgan fingerprint density at radius 1 is 1.30 bits per heavy atom. The van der Waals surface area contributed by atoms with E-state index in [9.17, 15) is 14.9 Å². The van der Waals surface area contributed by atoms with Crippen LogP contribution in [-0.4, -0.2) is 41.9 Å². The van der Waals surface area contributed by atoms with Gasteiger partial charge >= 0.3 is 0 Å². The van der Waals surface area contributed by atoms with Crippen LogP contribution in [0.2, 0.25) is 0 Å². The van der Waals surface area contributed by atoms with Crippen LogP contribution in [0.5, 0.6) is 0 Å². The molecule has 0 bridgehead atoms. The normalized spacial score (nSPS) is 24.1. The van der Waals surface area contributed by atoms with E-state index in [1.807, 2.05) is 4.90 Å². The molecule has 2 saturated heterocycles. The summed E-state index contributed by atoms with van der Waals surface area (Å²) in [6.07, 6.45) is 0. The number of likely N-dealkylation sites (tertiary alicyclic amines) is 1. The Labute approximate surface area is 122 Å². The van der Waals surface area contributed by atoms with Gasteiger partial charge in [-0.1, -0.05) is 6.07 Å². The van der Waals surface area contributed by atoms with Crippen molar-refractivity contribution < 1.29 is 9.72 Å². The number of nitro benzene ring substituents is 1. The topological polar surface area (TPSA) is 75.5 Å². The predicted octanol–water partition coefficient (Wildman–Crippen LogP) is 1.31. The molecular weight excluding hydrogens is 282 g/mol. The lowest BCUT2D eigenvalue weighted by Gasteiger charge is -2.17. The molecule has 1 amide bonds. The van der Waals surface area contributed by atoms with Gasteiger partial charge in [0.2, 0.25) is 0 Å². The van der Waals surface area contributed by atoms with Crippen molar-refractivity contribution in [2.45, 2.75) is 0 Å². The Kier molecular flexibility index (Phi) is 4.25. The molecule has 2 aliphatic heterocycles. The molecule has 1 N–H and O–H groups in total. The fourth-order valence-corrected chi connectivity index (χ4v) is 2.96. The fraction of sp³-hybridized carbons (Fsp3) is 0.462. The molecule has 108 valence electrons. The van der Waals surface area contributed by atoms with Gasteiger partial charge in [0.1, 0.15) is 0 Å². The monoisotopic (exact) mass is 297 g/mol. The number of nitrogens with zero attached hydrogens (tertiary/aromatic N) is 2. The SMILES string of the molecule is Cl.O=C(c1cccc([N+](=O)[O-])c1)N1C[C@H]2CNC[C@H]2C1. The molecule has 1 aromatic carbocycles. The molecule has 0 radical (unpaired) electrons. The lowest BCUT2D eigenvalue weighted by atomic mass is 10.0. The lowest BCUT2D eigenvalue weighted by molar-refractivity contribution is -0.384. The number of hydrogen-bond acceptors (Lipinski definition) is 4. The zero-order valence-corrected chi connectivity index (χ0v) is 11.6. The van der Waals surface area contributed by atoms with Gasteiger partial charge in [-0.25, -0.2) is 0 Å². The van der Waals surface area contributed by atoms with Crippen LogP contribution in [-0.2, 0) is 0 Å². The highest BCUT2D eigenvalue weighted by molar-refractivity contribution is 5.95. The van der Waals surface area contributed by atoms with E-state index in [1.165, 1.54) is 12.1 Å². The molecule has 2 atom stereocenters. The van der Waals surface area contributed by atoms with Crippen LogP contribution >= 0.6 is 12.4 Å². The Morgan fingerprint density at radius 3 is 2.55 bits per heavy atom. The molecule has 3 rings (SSSR count). The number of benzene rings is 1. The number of rotatable bonds is 2. The van der Waals surface area contributed by atoms with Gasteiger partial charge in [0.25, 0.3) is 11.6 Å². The predicted molar refractivity (Wildman–Crippen MR) is 76.1 cm³/mol. The Hall–Kier alpha value is -1.66. The lowest BCUT2D eigenvalue weighted by Crippen LogP contribution is -2.31. The zero-order valence-electron chi connectivity index (χ0n) is 10.8. The van der Waals surface area contributed by atoms with Gasteiger partial charge in [-0.3, -0.25) is 14.9 Å². The summed E-state index contributed by atoms with van der Waals surface area (Å²) < 4.78 is 0. The van der Waals surface area contributed by atoms with Crippen LogP contribution in [0, 0.1) is 22.0 Å². The third-order valence-corrected chi connectivity index (χ3v) is 3.98. The number of halogens is 1. The van der Waals surface area contributed by atoms with E-state index in [0.29, 0.717) is 17.4 Å². The average Bonchev–Trinajstić information content (AvgIpc) is 2.98. The van der Waals surface area contributed by atoms with E-state index in [-0.39, 0.29) is 24.0 Å². The molecule has 2 aliphatic rings. The molecule has 0 saturated carbocycles. The minimum Gasteiger partial charge on any atom is -0.338 e. The standard InChI is InChI=1S/C13H15N3O3.ClH/c17-13(9-2-1-3-12(4-9)16(18)19)15-7-10-5-14-6-11(10)8-15;/h1-4,10-11,14H,5-8H2;1H/t10-,11+;. The molecule has 0 spiro atoms. The highest BCUT2D eigenvalue weighted by atomic mass is 35.5. The number of nitrogens with one attached hydrogen (secondary N) is 1. The van der Waals surface area contributed by atoms with Crippen LogP contribution in [0.4, 0.5) is 5.69 Å². The van der Waals surface area contributed by atoms with Gasteiger partial charge in [0.05, 0.1) is 4.92 Å². The van der Waals surface area contributed by atoms with E-state index < -0.39 is 4.92 Å². The second kappa shape index (κ2) is 5.76. The first kappa shape index (κ1) is 14.7. The Bertz CT molecular complexity index is 525. The van der Waals surface area contributed by atoms with E-state index in [1.54, 1.807) is 12.1 Å². The number of hydrogen-bond donors (Lipinski definition) is 1. The number of non-ortho nitro benzene ring substituents is 1. The first-order valence-electron chi connectivity index (χ1n) is 6.39. The smallest absolute Gasteiger partial charge is 0.270 e.